The van der Waals surface area contributed by atoms with E-state index in [0.717, 1.165) is 0 Å². The molecule has 1 N–H and O–H groups in total. The number of aromatic nitrogens is 1. The fourth-order valence-electron chi connectivity index (χ4n) is 1.48. The van der Waals surface area contributed by atoms with Gasteiger partial charge in [-0.2, -0.15) is 5.10 Å². The van der Waals surface area contributed by atoms with Gasteiger partial charge in [-0.1, -0.05) is 12.1 Å². The zero-order chi connectivity index (χ0) is 15.3. The summed E-state index contributed by atoms with van der Waals surface area (Å²) < 4.78 is 32.6. The SMILES string of the molecule is O=C(N/N=C/c1cccc(S(=O)(=O)[O-])c1)c1ccncc1.[Na+]. The van der Waals surface area contributed by atoms with Gasteiger partial charge in [-0.25, -0.2) is 13.8 Å². The molecular weight excluding hydrogens is 317 g/mol. The quantitative estimate of drug-likeness (QED) is 0.295. The summed E-state index contributed by atoms with van der Waals surface area (Å²) in [7, 11) is -4.52. The molecular formula is C13H10N3NaO4S. The molecule has 0 saturated heterocycles. The number of hydrazone groups is 1. The van der Waals surface area contributed by atoms with Gasteiger partial charge in [0.15, 0.2) is 0 Å². The van der Waals surface area contributed by atoms with Crippen LogP contribution in [0.1, 0.15) is 15.9 Å². The van der Waals surface area contributed by atoms with E-state index in [-0.39, 0.29) is 34.5 Å². The first-order valence-electron chi connectivity index (χ1n) is 5.76. The van der Waals surface area contributed by atoms with Gasteiger partial charge >= 0.3 is 29.6 Å². The Balaban J connectivity index is 0.00000242. The zero-order valence-corrected chi connectivity index (χ0v) is 14.4. The second kappa shape index (κ2) is 8.16. The normalized spacial score (nSPS) is 11.0. The summed E-state index contributed by atoms with van der Waals surface area (Å²) in [5, 5.41) is 3.70. The standard InChI is InChI=1S/C13H11N3O4S.Na/c17-13(11-4-6-14-7-5-11)16-15-9-10-2-1-3-12(8-10)21(18,19)20;/h1-9H,(H,16,17)(H,18,19,20);/q;+1/p-1/b15-9+;. The van der Waals surface area contributed by atoms with Gasteiger partial charge in [0.25, 0.3) is 5.91 Å². The van der Waals surface area contributed by atoms with Crippen LogP contribution >= 0.6 is 0 Å². The number of hydrogen-bond acceptors (Lipinski definition) is 6. The van der Waals surface area contributed by atoms with Crippen molar-refractivity contribution in [3.8, 4) is 0 Å². The van der Waals surface area contributed by atoms with E-state index in [9.17, 15) is 17.8 Å². The monoisotopic (exact) mass is 327 g/mol. The Morgan fingerprint density at radius 3 is 2.55 bits per heavy atom. The molecule has 1 aromatic carbocycles. The first-order chi connectivity index (χ1) is 9.97. The van der Waals surface area contributed by atoms with Crippen LogP contribution in [-0.4, -0.2) is 30.1 Å². The first-order valence-corrected chi connectivity index (χ1v) is 7.17. The van der Waals surface area contributed by atoms with Gasteiger partial charge < -0.3 is 4.55 Å². The van der Waals surface area contributed by atoms with E-state index < -0.39 is 16.0 Å². The minimum absolute atomic E-state index is 0. The third-order valence-electron chi connectivity index (χ3n) is 2.47. The van der Waals surface area contributed by atoms with E-state index in [4.69, 9.17) is 0 Å². The van der Waals surface area contributed by atoms with Crippen LogP contribution in [0, 0.1) is 0 Å². The number of pyridine rings is 1. The predicted molar refractivity (Wildman–Crippen MR) is 73.7 cm³/mol. The minimum Gasteiger partial charge on any atom is -0.744 e. The number of carbonyl (C=O) groups excluding carboxylic acids is 1. The second-order valence-corrected chi connectivity index (χ2v) is 5.34. The van der Waals surface area contributed by atoms with Crippen molar-refractivity contribution in [1.82, 2.24) is 10.4 Å². The van der Waals surface area contributed by atoms with E-state index in [1.807, 2.05) is 0 Å². The molecule has 2 aromatic rings. The number of nitrogens with one attached hydrogen (secondary N) is 1. The van der Waals surface area contributed by atoms with Gasteiger partial charge in [-0.15, -0.1) is 0 Å². The van der Waals surface area contributed by atoms with Crippen molar-refractivity contribution in [3.63, 3.8) is 0 Å². The summed E-state index contributed by atoms with van der Waals surface area (Å²) in [6, 6.07) is 8.37. The first kappa shape index (κ1) is 18.5. The van der Waals surface area contributed by atoms with Crippen molar-refractivity contribution < 1.29 is 47.3 Å². The van der Waals surface area contributed by atoms with Crippen molar-refractivity contribution in [3.05, 3.63) is 59.9 Å². The Bertz CT molecular complexity index is 779. The molecule has 0 bridgehead atoms. The molecule has 0 aliphatic carbocycles. The van der Waals surface area contributed by atoms with E-state index in [1.54, 1.807) is 6.07 Å². The molecule has 0 radical (unpaired) electrons. The molecule has 9 heteroatoms. The van der Waals surface area contributed by atoms with E-state index >= 15 is 0 Å². The summed E-state index contributed by atoms with van der Waals surface area (Å²) in [5.74, 6) is -0.429. The van der Waals surface area contributed by atoms with Crippen LogP contribution in [0.15, 0.2) is 58.8 Å². The number of nitrogens with zero attached hydrogens (tertiary/aromatic N) is 2. The van der Waals surface area contributed by atoms with Gasteiger partial charge in [0.05, 0.1) is 11.1 Å². The summed E-state index contributed by atoms with van der Waals surface area (Å²) in [6.07, 6.45) is 4.19. The maximum Gasteiger partial charge on any atom is 1.00 e. The van der Waals surface area contributed by atoms with Gasteiger partial charge in [0.1, 0.15) is 10.1 Å². The van der Waals surface area contributed by atoms with E-state index in [1.165, 1.54) is 48.9 Å². The summed E-state index contributed by atoms with van der Waals surface area (Å²) in [4.78, 5) is 15.1. The molecule has 108 valence electrons. The Morgan fingerprint density at radius 2 is 1.91 bits per heavy atom. The smallest absolute Gasteiger partial charge is 0.744 e. The largest absolute Gasteiger partial charge is 1.00 e. The Labute approximate surface area is 149 Å². The van der Waals surface area contributed by atoms with Crippen LogP contribution < -0.4 is 35.0 Å². The summed E-state index contributed by atoms with van der Waals surface area (Å²) >= 11 is 0. The molecule has 22 heavy (non-hydrogen) atoms. The van der Waals surface area contributed by atoms with Gasteiger partial charge in [-0.3, -0.25) is 9.78 Å². The second-order valence-electron chi connectivity index (χ2n) is 3.96. The average Bonchev–Trinajstić information content (AvgIpc) is 2.47. The Kier molecular flexibility index (Phi) is 6.85. The molecule has 0 aliphatic heterocycles. The summed E-state index contributed by atoms with van der Waals surface area (Å²) in [6.45, 7) is 0. The third kappa shape index (κ3) is 5.32. The predicted octanol–water partition coefficient (Wildman–Crippen LogP) is -2.25. The third-order valence-corrected chi connectivity index (χ3v) is 3.30. The molecule has 1 heterocycles. The van der Waals surface area contributed by atoms with E-state index in [0.29, 0.717) is 11.1 Å². The molecule has 1 aromatic heterocycles. The van der Waals surface area contributed by atoms with Crippen LogP contribution in [0.3, 0.4) is 0 Å². The molecule has 2 rings (SSSR count). The van der Waals surface area contributed by atoms with Crippen LogP contribution in [-0.2, 0) is 10.1 Å². The van der Waals surface area contributed by atoms with Gasteiger partial charge in [-0.05, 0) is 29.8 Å². The topological polar surface area (TPSA) is 112 Å². The molecule has 7 nitrogen and oxygen atoms in total. The fraction of sp³-hybridized carbons (Fsp3) is 0. The maximum absolute atomic E-state index is 11.7. The molecule has 0 aliphatic rings. The maximum atomic E-state index is 11.7. The van der Waals surface area contributed by atoms with E-state index in [2.05, 4.69) is 15.5 Å². The molecule has 0 saturated carbocycles. The van der Waals surface area contributed by atoms with Crippen LogP contribution in [0.4, 0.5) is 0 Å². The average molecular weight is 327 g/mol. The van der Waals surface area contributed by atoms with Crippen molar-refractivity contribution in [1.29, 1.82) is 0 Å². The Morgan fingerprint density at radius 1 is 1.23 bits per heavy atom. The number of amides is 1. The molecule has 1 amide bonds. The molecule has 0 unspecified atom stereocenters. The van der Waals surface area contributed by atoms with Gasteiger partial charge in [0.2, 0.25) is 0 Å². The van der Waals surface area contributed by atoms with Crippen LogP contribution in [0.25, 0.3) is 0 Å². The number of carbonyl (C=O) groups is 1. The Hall–Kier alpha value is -1.58. The van der Waals surface area contributed by atoms with Gasteiger partial charge in [0, 0.05) is 18.0 Å². The van der Waals surface area contributed by atoms with Crippen molar-refractivity contribution in [2.24, 2.45) is 5.10 Å². The van der Waals surface area contributed by atoms with Crippen molar-refractivity contribution >= 4 is 22.2 Å². The number of benzene rings is 1. The number of rotatable bonds is 4. The van der Waals surface area contributed by atoms with Crippen molar-refractivity contribution in [2.75, 3.05) is 0 Å². The van der Waals surface area contributed by atoms with Crippen LogP contribution in [0.2, 0.25) is 0 Å². The fourth-order valence-corrected chi connectivity index (χ4v) is 2.01. The molecule has 0 atom stereocenters. The molecule has 0 fully saturated rings. The summed E-state index contributed by atoms with van der Waals surface area (Å²) in [5.41, 5.74) is 3.04. The van der Waals surface area contributed by atoms with Crippen molar-refractivity contribution in [2.45, 2.75) is 4.90 Å². The van der Waals surface area contributed by atoms with Crippen LogP contribution in [0.5, 0.6) is 0 Å². The zero-order valence-electron chi connectivity index (χ0n) is 11.6. The minimum atomic E-state index is -4.52. The molecule has 0 spiro atoms. The number of hydrogen-bond donors (Lipinski definition) is 1.